The summed E-state index contributed by atoms with van der Waals surface area (Å²) in [6.45, 7) is 2.49. The van der Waals surface area contributed by atoms with Crippen molar-refractivity contribution in [2.24, 2.45) is 0 Å². The molecular weight excluding hydrogens is 458 g/mol. The maximum Gasteiger partial charge on any atom is 0.251 e. The van der Waals surface area contributed by atoms with Crippen molar-refractivity contribution in [1.29, 1.82) is 0 Å². The fraction of sp³-hybridized carbons (Fsp3) is 0.400. The van der Waals surface area contributed by atoms with Gasteiger partial charge in [-0.15, -0.1) is 0 Å². The van der Waals surface area contributed by atoms with Gasteiger partial charge in [-0.1, -0.05) is 29.8 Å². The van der Waals surface area contributed by atoms with Crippen molar-refractivity contribution in [2.45, 2.75) is 38.4 Å². The highest BCUT2D eigenvalue weighted by molar-refractivity contribution is 7.98. The number of thioether (sulfide) groups is 1. The van der Waals surface area contributed by atoms with Gasteiger partial charge in [-0.25, -0.2) is 0 Å². The second-order valence-corrected chi connectivity index (χ2v) is 9.59. The zero-order valence-corrected chi connectivity index (χ0v) is 21.0. The first-order valence-electron chi connectivity index (χ1n) is 10.8. The quantitative estimate of drug-likeness (QED) is 0.188. The minimum absolute atomic E-state index is 0.0481. The Morgan fingerprint density at radius 3 is 2.03 bits per heavy atom. The third kappa shape index (κ3) is 9.04. The van der Waals surface area contributed by atoms with Gasteiger partial charge in [-0.3, -0.25) is 14.4 Å². The minimum atomic E-state index is -0.300. The molecule has 0 heterocycles. The van der Waals surface area contributed by atoms with Gasteiger partial charge in [0, 0.05) is 47.6 Å². The molecule has 0 radical (unpaired) electrons. The summed E-state index contributed by atoms with van der Waals surface area (Å²) >= 11 is 10.1. The van der Waals surface area contributed by atoms with Gasteiger partial charge in [-0.05, 0) is 55.0 Å². The van der Waals surface area contributed by atoms with Crippen LogP contribution in [-0.2, 0) is 5.75 Å². The highest BCUT2D eigenvalue weighted by Crippen LogP contribution is 2.18. The number of benzene rings is 2. The Balaban J connectivity index is 1.99. The summed E-state index contributed by atoms with van der Waals surface area (Å²) in [6, 6.07) is 13.3. The largest absolute Gasteiger partial charge is 0.351 e. The lowest BCUT2D eigenvalue weighted by molar-refractivity contribution is 0.0956. The van der Waals surface area contributed by atoms with Crippen molar-refractivity contribution < 1.29 is 14.4 Å². The summed E-state index contributed by atoms with van der Waals surface area (Å²) < 4.78 is 0. The van der Waals surface area contributed by atoms with Crippen LogP contribution >= 0.6 is 37.0 Å². The van der Waals surface area contributed by atoms with Crippen LogP contribution < -0.4 is 5.32 Å². The van der Waals surface area contributed by atoms with Crippen LogP contribution in [0.3, 0.4) is 0 Å². The molecule has 0 aliphatic rings. The summed E-state index contributed by atoms with van der Waals surface area (Å²) in [6.07, 6.45) is 2.12. The van der Waals surface area contributed by atoms with Crippen LogP contribution in [0.1, 0.15) is 67.9 Å². The lowest BCUT2D eigenvalue weighted by Crippen LogP contribution is -2.26. The second-order valence-electron chi connectivity index (χ2n) is 7.59. The predicted octanol–water partition coefficient (Wildman–Crippen LogP) is 5.44. The van der Waals surface area contributed by atoms with Crippen molar-refractivity contribution >= 4 is 54.5 Å². The average Bonchev–Trinajstić information content (AvgIpc) is 2.81. The molecule has 2 aromatic rings. The molecule has 0 fully saturated rings. The normalized spacial score (nSPS) is 10.7. The third-order valence-corrected chi connectivity index (χ3v) is 6.53. The monoisotopic (exact) mass is 489 g/mol. The van der Waals surface area contributed by atoms with Crippen molar-refractivity contribution in [3.05, 3.63) is 70.3 Å². The first-order chi connectivity index (χ1) is 15.4. The topological polar surface area (TPSA) is 63.2 Å². The van der Waals surface area contributed by atoms with Gasteiger partial charge in [0.15, 0.2) is 11.6 Å². The highest BCUT2D eigenvalue weighted by atomic mass is 32.2. The molecule has 0 aliphatic carbocycles. The van der Waals surface area contributed by atoms with E-state index in [4.69, 9.17) is 0 Å². The smallest absolute Gasteiger partial charge is 0.251 e. The highest BCUT2D eigenvalue weighted by Gasteiger charge is 2.16. The van der Waals surface area contributed by atoms with Crippen LogP contribution in [0.5, 0.6) is 0 Å². The van der Waals surface area contributed by atoms with Crippen molar-refractivity contribution in [2.75, 3.05) is 23.8 Å². The van der Waals surface area contributed by atoms with Crippen LogP contribution in [0.25, 0.3) is 0 Å². The molecule has 32 heavy (non-hydrogen) atoms. The zero-order valence-electron chi connectivity index (χ0n) is 18.4. The molecule has 2 rings (SSSR count). The Morgan fingerprint density at radius 1 is 0.844 bits per heavy atom. The van der Waals surface area contributed by atoms with E-state index < -0.39 is 0 Å². The van der Waals surface area contributed by atoms with Crippen LogP contribution in [0.4, 0.5) is 0 Å². The SMILES string of the molecule is Cc1ccc(CSCCCC(=O)c2cc(C(=O)CCCS)cc(C(=O)NCCS)c2)cc1. The average molecular weight is 490 g/mol. The third-order valence-electron chi connectivity index (χ3n) is 4.88. The van der Waals surface area contributed by atoms with E-state index in [-0.39, 0.29) is 17.5 Å². The second kappa shape index (κ2) is 14.4. The lowest BCUT2D eigenvalue weighted by atomic mass is 9.97. The standard InChI is InChI=1S/C25H31NO3S3/c1-18-6-8-19(9-7-18)17-32-13-3-5-24(28)21-14-20(23(27)4-2-11-30)15-22(16-21)25(29)26-10-12-31/h6-9,14-16,30-31H,2-5,10-13,17H2,1H3,(H,26,29). The van der Waals surface area contributed by atoms with Crippen molar-refractivity contribution in [3.63, 3.8) is 0 Å². The Kier molecular flexibility index (Phi) is 12.0. The summed E-state index contributed by atoms with van der Waals surface area (Å²) in [5, 5.41) is 2.75. The van der Waals surface area contributed by atoms with E-state index in [1.54, 1.807) is 30.0 Å². The van der Waals surface area contributed by atoms with Gasteiger partial charge in [0.2, 0.25) is 0 Å². The molecule has 0 bridgehead atoms. The molecule has 172 valence electrons. The maximum atomic E-state index is 12.8. The van der Waals surface area contributed by atoms with E-state index in [0.717, 1.165) is 17.9 Å². The van der Waals surface area contributed by atoms with E-state index in [2.05, 4.69) is 61.8 Å². The van der Waals surface area contributed by atoms with E-state index >= 15 is 0 Å². The van der Waals surface area contributed by atoms with Gasteiger partial charge < -0.3 is 5.32 Å². The molecule has 0 aromatic heterocycles. The summed E-state index contributed by atoms with van der Waals surface area (Å²) in [7, 11) is 0. The fourth-order valence-corrected chi connectivity index (χ4v) is 4.28. The molecule has 0 aliphatic heterocycles. The molecule has 0 saturated carbocycles. The molecular formula is C25H31NO3S3. The number of rotatable bonds is 14. The number of Topliss-reactive ketones (excluding diaryl/α,β-unsaturated/α-hetero) is 2. The number of thiol groups is 2. The summed E-state index contributed by atoms with van der Waals surface area (Å²) in [4.78, 5) is 37.8. The molecule has 1 amide bonds. The zero-order chi connectivity index (χ0) is 23.3. The van der Waals surface area contributed by atoms with Gasteiger partial charge >= 0.3 is 0 Å². The number of aryl methyl sites for hydroxylation is 1. The summed E-state index contributed by atoms with van der Waals surface area (Å²) in [5.74, 6) is 2.48. The molecule has 0 saturated heterocycles. The Bertz CT molecular complexity index is 875. The first-order valence-corrected chi connectivity index (χ1v) is 13.2. The predicted molar refractivity (Wildman–Crippen MR) is 141 cm³/mol. The van der Waals surface area contributed by atoms with Gasteiger partial charge in [0.25, 0.3) is 5.91 Å². The number of hydrogen-bond acceptors (Lipinski definition) is 6. The van der Waals surface area contributed by atoms with E-state index in [0.29, 0.717) is 54.0 Å². The lowest BCUT2D eigenvalue weighted by Gasteiger charge is -2.10. The van der Waals surface area contributed by atoms with Crippen molar-refractivity contribution in [3.8, 4) is 0 Å². The van der Waals surface area contributed by atoms with E-state index in [1.807, 2.05) is 0 Å². The number of carbonyl (C=O) groups excluding carboxylic acids is 3. The van der Waals surface area contributed by atoms with Gasteiger partial charge in [0.1, 0.15) is 0 Å². The maximum absolute atomic E-state index is 12.8. The number of carbonyl (C=O) groups is 3. The molecule has 1 N–H and O–H groups in total. The number of amides is 1. The molecule has 0 spiro atoms. The van der Waals surface area contributed by atoms with Crippen LogP contribution in [0.2, 0.25) is 0 Å². The van der Waals surface area contributed by atoms with Gasteiger partial charge in [-0.2, -0.15) is 37.0 Å². The minimum Gasteiger partial charge on any atom is -0.351 e. The Hall–Kier alpha value is -1.70. The molecule has 7 heteroatoms. The van der Waals surface area contributed by atoms with E-state index in [1.165, 1.54) is 11.1 Å². The fourth-order valence-electron chi connectivity index (χ4n) is 3.09. The van der Waals surface area contributed by atoms with E-state index in [9.17, 15) is 14.4 Å². The van der Waals surface area contributed by atoms with Crippen LogP contribution in [-0.4, -0.2) is 41.3 Å². The molecule has 0 unspecified atom stereocenters. The number of hydrogen-bond donors (Lipinski definition) is 3. The van der Waals surface area contributed by atoms with Crippen LogP contribution in [0.15, 0.2) is 42.5 Å². The number of nitrogens with one attached hydrogen (secondary N) is 1. The molecule has 0 atom stereocenters. The molecule has 2 aromatic carbocycles. The first kappa shape index (κ1) is 26.6. The molecule has 4 nitrogen and oxygen atoms in total. The Morgan fingerprint density at radius 2 is 1.44 bits per heavy atom. The Labute approximate surface area is 206 Å². The summed E-state index contributed by atoms with van der Waals surface area (Å²) in [5.41, 5.74) is 3.68. The van der Waals surface area contributed by atoms with Crippen LogP contribution in [0, 0.1) is 6.92 Å². The van der Waals surface area contributed by atoms with Crippen molar-refractivity contribution in [1.82, 2.24) is 5.32 Å². The van der Waals surface area contributed by atoms with Gasteiger partial charge in [0.05, 0.1) is 0 Å². The number of ketones is 2.